The molecule has 0 radical (unpaired) electrons. The molecular weight excluding hydrogens is 396 g/mol. The van der Waals surface area contributed by atoms with Crippen LogP contribution < -0.4 is 5.32 Å². The van der Waals surface area contributed by atoms with Crippen LogP contribution in [0.25, 0.3) is 16.9 Å². The van der Waals surface area contributed by atoms with Crippen LogP contribution in [0.2, 0.25) is 5.02 Å². The summed E-state index contributed by atoms with van der Waals surface area (Å²) in [7, 11) is 0. The number of halogens is 1. The van der Waals surface area contributed by atoms with E-state index in [4.69, 9.17) is 11.6 Å². The van der Waals surface area contributed by atoms with Gasteiger partial charge in [-0.1, -0.05) is 54.1 Å². The highest BCUT2D eigenvalue weighted by molar-refractivity contribution is 6.30. The van der Waals surface area contributed by atoms with E-state index < -0.39 is 0 Å². The van der Waals surface area contributed by atoms with Crippen molar-refractivity contribution in [3.8, 4) is 16.9 Å². The molecule has 0 aliphatic rings. The molecule has 0 spiro atoms. The van der Waals surface area contributed by atoms with Crippen LogP contribution in [0.5, 0.6) is 0 Å². The Kier molecular flexibility index (Phi) is 5.63. The largest absolute Gasteiger partial charge is 0.321 e. The number of hydrogen-bond donors (Lipinski definition) is 1. The van der Waals surface area contributed by atoms with E-state index in [1.807, 2.05) is 61.5 Å². The lowest BCUT2D eigenvalue weighted by Crippen LogP contribution is -2.14. The Morgan fingerprint density at radius 3 is 2.47 bits per heavy atom. The Bertz CT molecular complexity index is 1180. The van der Waals surface area contributed by atoms with E-state index in [1.165, 1.54) is 0 Å². The number of anilines is 1. The minimum atomic E-state index is -0.137. The van der Waals surface area contributed by atoms with Gasteiger partial charge >= 0.3 is 0 Å². The quantitative estimate of drug-likeness (QED) is 0.453. The minimum Gasteiger partial charge on any atom is -0.321 e. The number of carbonyl (C=O) groups excluding carboxylic acids is 1. The first-order valence-electron chi connectivity index (χ1n) is 9.73. The first kappa shape index (κ1) is 19.9. The standard InChI is InChI=1S/C24H21ClN4O/c1-3-17-6-4-5-16(2)23(17)27-24(30)19-9-13-21(14-10-19)29-22(15-26-28-29)18-7-11-20(25)12-8-18/h4-15H,3H2,1-2H3,(H,27,30). The smallest absolute Gasteiger partial charge is 0.255 e. The van der Waals surface area contributed by atoms with Gasteiger partial charge in [-0.3, -0.25) is 4.79 Å². The molecule has 0 unspecified atom stereocenters. The second-order valence-corrected chi connectivity index (χ2v) is 7.44. The van der Waals surface area contributed by atoms with Crippen molar-refractivity contribution in [2.24, 2.45) is 0 Å². The third kappa shape index (κ3) is 3.98. The van der Waals surface area contributed by atoms with Gasteiger partial charge in [0.2, 0.25) is 0 Å². The summed E-state index contributed by atoms with van der Waals surface area (Å²) < 4.78 is 1.74. The zero-order chi connectivity index (χ0) is 21.1. The van der Waals surface area contributed by atoms with Crippen LogP contribution in [0.1, 0.15) is 28.4 Å². The number of nitrogens with zero attached hydrogens (tertiary/aromatic N) is 3. The molecule has 150 valence electrons. The van der Waals surface area contributed by atoms with Crippen LogP contribution in [-0.2, 0) is 6.42 Å². The van der Waals surface area contributed by atoms with Gasteiger partial charge in [-0.25, -0.2) is 4.68 Å². The first-order valence-corrected chi connectivity index (χ1v) is 10.1. The summed E-state index contributed by atoms with van der Waals surface area (Å²) in [5, 5.41) is 12.0. The van der Waals surface area contributed by atoms with Gasteiger partial charge in [0.1, 0.15) is 0 Å². The lowest BCUT2D eigenvalue weighted by atomic mass is 10.1. The molecular formula is C24H21ClN4O. The van der Waals surface area contributed by atoms with E-state index >= 15 is 0 Å². The lowest BCUT2D eigenvalue weighted by Gasteiger charge is -2.13. The average molecular weight is 417 g/mol. The normalized spacial score (nSPS) is 10.8. The predicted octanol–water partition coefficient (Wildman–Crippen LogP) is 5.71. The summed E-state index contributed by atoms with van der Waals surface area (Å²) in [5.41, 5.74) is 6.26. The minimum absolute atomic E-state index is 0.137. The van der Waals surface area contributed by atoms with E-state index in [-0.39, 0.29) is 5.91 Å². The second kappa shape index (κ2) is 8.51. The number of nitrogens with one attached hydrogen (secondary N) is 1. The van der Waals surface area contributed by atoms with Crippen LogP contribution in [0.15, 0.2) is 72.9 Å². The summed E-state index contributed by atoms with van der Waals surface area (Å²) in [4.78, 5) is 12.8. The number of rotatable bonds is 5. The molecule has 30 heavy (non-hydrogen) atoms. The fraction of sp³-hybridized carbons (Fsp3) is 0.125. The third-order valence-corrected chi connectivity index (χ3v) is 5.29. The molecule has 3 aromatic carbocycles. The highest BCUT2D eigenvalue weighted by Crippen LogP contribution is 2.24. The van der Waals surface area contributed by atoms with Crippen molar-refractivity contribution in [3.05, 3.63) is 94.6 Å². The molecule has 0 fully saturated rings. The highest BCUT2D eigenvalue weighted by Gasteiger charge is 2.13. The molecule has 1 N–H and O–H groups in total. The maximum absolute atomic E-state index is 12.8. The van der Waals surface area contributed by atoms with Gasteiger partial charge in [-0.15, -0.1) is 5.10 Å². The van der Waals surface area contributed by atoms with E-state index in [1.54, 1.807) is 23.0 Å². The molecule has 4 aromatic rings. The number of para-hydroxylation sites is 1. The van der Waals surface area contributed by atoms with E-state index in [9.17, 15) is 4.79 Å². The highest BCUT2D eigenvalue weighted by atomic mass is 35.5. The SMILES string of the molecule is CCc1cccc(C)c1NC(=O)c1ccc(-n2nncc2-c2ccc(Cl)cc2)cc1. The van der Waals surface area contributed by atoms with Gasteiger partial charge in [0.15, 0.2) is 0 Å². The van der Waals surface area contributed by atoms with Gasteiger partial charge in [0, 0.05) is 21.8 Å². The summed E-state index contributed by atoms with van der Waals surface area (Å²) in [5.74, 6) is -0.137. The van der Waals surface area contributed by atoms with Gasteiger partial charge < -0.3 is 5.32 Å². The van der Waals surface area contributed by atoms with Crippen LogP contribution in [0, 0.1) is 6.92 Å². The Morgan fingerprint density at radius 2 is 1.77 bits per heavy atom. The molecule has 1 heterocycles. The van der Waals surface area contributed by atoms with Crippen molar-refractivity contribution in [1.82, 2.24) is 15.0 Å². The van der Waals surface area contributed by atoms with Crippen LogP contribution in [0.3, 0.4) is 0 Å². The van der Waals surface area contributed by atoms with Gasteiger partial charge in [0.05, 0.1) is 17.6 Å². The maximum atomic E-state index is 12.8. The lowest BCUT2D eigenvalue weighted by molar-refractivity contribution is 0.102. The molecule has 0 saturated heterocycles. The first-order chi connectivity index (χ1) is 14.6. The second-order valence-electron chi connectivity index (χ2n) is 7.00. The molecule has 1 amide bonds. The molecule has 0 saturated carbocycles. The van der Waals surface area contributed by atoms with Crippen molar-refractivity contribution >= 4 is 23.2 Å². The summed E-state index contributed by atoms with van der Waals surface area (Å²) >= 11 is 5.99. The molecule has 6 heteroatoms. The third-order valence-electron chi connectivity index (χ3n) is 5.04. The molecule has 0 bridgehead atoms. The Morgan fingerprint density at radius 1 is 1.03 bits per heavy atom. The number of benzene rings is 3. The fourth-order valence-electron chi connectivity index (χ4n) is 3.38. The van der Waals surface area contributed by atoms with Gasteiger partial charge in [0.25, 0.3) is 5.91 Å². The van der Waals surface area contributed by atoms with E-state index in [2.05, 4.69) is 22.6 Å². The number of carbonyl (C=O) groups is 1. The summed E-state index contributed by atoms with van der Waals surface area (Å²) in [6, 6.07) is 20.9. The zero-order valence-corrected chi connectivity index (χ0v) is 17.5. The molecule has 0 aliphatic carbocycles. The monoisotopic (exact) mass is 416 g/mol. The molecule has 4 rings (SSSR count). The number of aromatic nitrogens is 3. The zero-order valence-electron chi connectivity index (χ0n) is 16.8. The number of aryl methyl sites for hydroxylation is 2. The Balaban J connectivity index is 1.58. The van der Waals surface area contributed by atoms with Crippen LogP contribution in [-0.4, -0.2) is 20.9 Å². The van der Waals surface area contributed by atoms with Crippen molar-refractivity contribution in [3.63, 3.8) is 0 Å². The number of amides is 1. The number of hydrogen-bond acceptors (Lipinski definition) is 3. The van der Waals surface area contributed by atoms with Crippen LogP contribution >= 0.6 is 11.6 Å². The van der Waals surface area contributed by atoms with Crippen molar-refractivity contribution in [2.75, 3.05) is 5.32 Å². The molecule has 0 aliphatic heterocycles. The van der Waals surface area contributed by atoms with Gasteiger partial charge in [-0.2, -0.15) is 0 Å². The van der Waals surface area contributed by atoms with Crippen LogP contribution in [0.4, 0.5) is 5.69 Å². The van der Waals surface area contributed by atoms with Crippen molar-refractivity contribution in [2.45, 2.75) is 20.3 Å². The predicted molar refractivity (Wildman–Crippen MR) is 120 cm³/mol. The summed E-state index contributed by atoms with van der Waals surface area (Å²) in [6.45, 7) is 4.08. The molecule has 0 atom stereocenters. The summed E-state index contributed by atoms with van der Waals surface area (Å²) in [6.07, 6.45) is 2.56. The average Bonchev–Trinajstić information content (AvgIpc) is 3.25. The topological polar surface area (TPSA) is 59.8 Å². The molecule has 1 aromatic heterocycles. The fourth-order valence-corrected chi connectivity index (χ4v) is 3.51. The van der Waals surface area contributed by atoms with E-state index in [0.717, 1.165) is 40.2 Å². The Hall–Kier alpha value is -3.44. The van der Waals surface area contributed by atoms with E-state index in [0.29, 0.717) is 10.6 Å². The Labute approximate surface area is 180 Å². The van der Waals surface area contributed by atoms with Crippen molar-refractivity contribution in [1.29, 1.82) is 0 Å². The maximum Gasteiger partial charge on any atom is 0.255 e. The van der Waals surface area contributed by atoms with Gasteiger partial charge in [-0.05, 0) is 60.9 Å². The molecule has 5 nitrogen and oxygen atoms in total. The van der Waals surface area contributed by atoms with Crippen molar-refractivity contribution < 1.29 is 4.79 Å².